The molecule has 0 aromatic heterocycles. The number of rotatable bonds is 8. The van der Waals surface area contributed by atoms with Gasteiger partial charge in [-0.05, 0) is 36.8 Å². The van der Waals surface area contributed by atoms with E-state index in [-0.39, 0.29) is 5.56 Å². The first-order chi connectivity index (χ1) is 13.7. The second-order valence-corrected chi connectivity index (χ2v) is 8.59. The third-order valence-electron chi connectivity index (χ3n) is 6.58. The summed E-state index contributed by atoms with van der Waals surface area (Å²) < 4.78 is 25.7. The second kappa shape index (κ2) is 10.9. The molecule has 2 aliphatic rings. The van der Waals surface area contributed by atoms with Gasteiger partial charge < -0.3 is 9.47 Å². The van der Waals surface area contributed by atoms with Crippen LogP contribution in [-0.2, 0) is 9.47 Å². The van der Waals surface area contributed by atoms with Gasteiger partial charge >= 0.3 is 0 Å². The Balaban J connectivity index is 1.38. The minimum Gasteiger partial charge on any atom is -0.348 e. The summed E-state index contributed by atoms with van der Waals surface area (Å²) in [5.41, 5.74) is 0.710. The molecule has 1 aromatic rings. The third-order valence-corrected chi connectivity index (χ3v) is 6.58. The molecule has 1 heterocycles. The fraction of sp³-hybridized carbons (Fsp3) is 0.708. The van der Waals surface area contributed by atoms with Crippen molar-refractivity contribution < 1.29 is 13.9 Å². The fourth-order valence-electron chi connectivity index (χ4n) is 4.74. The largest absolute Gasteiger partial charge is 0.348 e. The van der Waals surface area contributed by atoms with E-state index < -0.39 is 12.1 Å². The molecule has 1 aliphatic heterocycles. The van der Waals surface area contributed by atoms with Crippen molar-refractivity contribution in [2.24, 2.45) is 17.8 Å². The first kappa shape index (κ1) is 21.3. The summed E-state index contributed by atoms with van der Waals surface area (Å²) in [6.07, 6.45) is 13.0. The molecule has 0 unspecified atom stereocenters. The number of nitrogens with zero attached hydrogens (tertiary/aromatic N) is 1. The zero-order valence-electron chi connectivity index (χ0n) is 17.2. The van der Waals surface area contributed by atoms with Crippen molar-refractivity contribution in [2.45, 2.75) is 77.4 Å². The van der Waals surface area contributed by atoms with Crippen molar-refractivity contribution >= 4 is 0 Å². The van der Waals surface area contributed by atoms with Crippen LogP contribution >= 0.6 is 0 Å². The summed E-state index contributed by atoms with van der Waals surface area (Å²) in [6, 6.07) is 6.41. The Hall–Kier alpha value is -1.44. The molecule has 0 spiro atoms. The van der Waals surface area contributed by atoms with Crippen LogP contribution in [0.15, 0.2) is 18.2 Å². The van der Waals surface area contributed by atoms with E-state index in [1.807, 2.05) is 6.07 Å². The monoisotopic (exact) mass is 387 g/mol. The normalized spacial score (nSPS) is 28.0. The average Bonchev–Trinajstić information content (AvgIpc) is 2.74. The molecule has 0 amide bonds. The smallest absolute Gasteiger partial charge is 0.183 e. The number of nitriles is 1. The van der Waals surface area contributed by atoms with E-state index in [4.69, 9.17) is 14.7 Å². The highest BCUT2D eigenvalue weighted by atomic mass is 19.1. The van der Waals surface area contributed by atoms with Gasteiger partial charge in [0.1, 0.15) is 11.9 Å². The quantitative estimate of drug-likeness (QED) is 0.476. The Morgan fingerprint density at radius 2 is 1.71 bits per heavy atom. The highest BCUT2D eigenvalue weighted by molar-refractivity contribution is 5.33. The van der Waals surface area contributed by atoms with Gasteiger partial charge in [0.15, 0.2) is 6.29 Å². The van der Waals surface area contributed by atoms with Gasteiger partial charge in [0.2, 0.25) is 0 Å². The molecule has 1 saturated carbocycles. The van der Waals surface area contributed by atoms with Crippen molar-refractivity contribution in [3.8, 4) is 6.07 Å². The predicted molar refractivity (Wildman–Crippen MR) is 108 cm³/mol. The first-order valence-electron chi connectivity index (χ1n) is 11.1. The number of halogens is 1. The van der Waals surface area contributed by atoms with Gasteiger partial charge in [-0.3, -0.25) is 0 Å². The van der Waals surface area contributed by atoms with Crippen molar-refractivity contribution in [2.75, 3.05) is 13.2 Å². The number of ether oxygens (including phenoxy) is 2. The summed E-state index contributed by atoms with van der Waals surface area (Å²) in [5, 5.41) is 8.85. The van der Waals surface area contributed by atoms with E-state index in [1.54, 1.807) is 6.07 Å². The molecular formula is C24H34FNO2. The molecule has 28 heavy (non-hydrogen) atoms. The van der Waals surface area contributed by atoms with Gasteiger partial charge in [0.25, 0.3) is 0 Å². The highest BCUT2D eigenvalue weighted by Gasteiger charge is 2.32. The summed E-state index contributed by atoms with van der Waals surface area (Å²) >= 11 is 0. The topological polar surface area (TPSA) is 42.2 Å². The van der Waals surface area contributed by atoms with E-state index >= 15 is 0 Å². The SMILES string of the molecule is CCCCCCC[C@H]1CC[C@H](C2COC(c3ccc(C#N)c(F)c3)OC2)CC1. The van der Waals surface area contributed by atoms with Crippen LogP contribution in [-0.4, -0.2) is 13.2 Å². The summed E-state index contributed by atoms with van der Waals surface area (Å²) in [6.45, 7) is 3.63. The van der Waals surface area contributed by atoms with Crippen molar-refractivity contribution in [1.29, 1.82) is 5.26 Å². The zero-order chi connectivity index (χ0) is 19.8. The summed E-state index contributed by atoms with van der Waals surface area (Å²) in [4.78, 5) is 0. The molecule has 3 rings (SSSR count). The second-order valence-electron chi connectivity index (χ2n) is 8.59. The van der Waals surface area contributed by atoms with Gasteiger partial charge in [-0.2, -0.15) is 5.26 Å². The Morgan fingerprint density at radius 1 is 1.00 bits per heavy atom. The minimum atomic E-state index is -0.516. The van der Waals surface area contributed by atoms with Crippen LogP contribution in [0.3, 0.4) is 0 Å². The number of benzene rings is 1. The lowest BCUT2D eigenvalue weighted by molar-refractivity contribution is -0.214. The van der Waals surface area contributed by atoms with Crippen LogP contribution in [0, 0.1) is 34.9 Å². The van der Waals surface area contributed by atoms with Gasteiger partial charge in [-0.15, -0.1) is 0 Å². The fourth-order valence-corrected chi connectivity index (χ4v) is 4.74. The molecule has 1 aliphatic carbocycles. The molecule has 4 heteroatoms. The molecule has 0 N–H and O–H groups in total. The molecule has 0 radical (unpaired) electrons. The van der Waals surface area contributed by atoms with E-state index in [0.29, 0.717) is 30.6 Å². The van der Waals surface area contributed by atoms with Crippen LogP contribution in [0.5, 0.6) is 0 Å². The van der Waals surface area contributed by atoms with Crippen LogP contribution < -0.4 is 0 Å². The van der Waals surface area contributed by atoms with E-state index in [9.17, 15) is 4.39 Å². The van der Waals surface area contributed by atoms with E-state index in [1.165, 1.54) is 76.3 Å². The predicted octanol–water partition coefficient (Wildman–Crippen LogP) is 6.53. The zero-order valence-corrected chi connectivity index (χ0v) is 17.2. The Labute approximate surface area is 169 Å². The molecule has 1 saturated heterocycles. The summed E-state index contributed by atoms with van der Waals surface area (Å²) in [7, 11) is 0. The number of hydrogen-bond donors (Lipinski definition) is 0. The highest BCUT2D eigenvalue weighted by Crippen LogP contribution is 2.38. The van der Waals surface area contributed by atoms with Gasteiger partial charge in [0, 0.05) is 11.5 Å². The Bertz CT molecular complexity index is 640. The van der Waals surface area contributed by atoms with Crippen molar-refractivity contribution in [1.82, 2.24) is 0 Å². The third kappa shape index (κ3) is 5.78. The maximum Gasteiger partial charge on any atom is 0.183 e. The van der Waals surface area contributed by atoms with Gasteiger partial charge in [0.05, 0.1) is 18.8 Å². The molecular weight excluding hydrogens is 353 g/mol. The molecule has 3 nitrogen and oxygen atoms in total. The van der Waals surface area contributed by atoms with Crippen molar-refractivity contribution in [3.63, 3.8) is 0 Å². The van der Waals surface area contributed by atoms with Gasteiger partial charge in [-0.25, -0.2) is 4.39 Å². The van der Waals surface area contributed by atoms with Crippen LogP contribution in [0.4, 0.5) is 4.39 Å². The van der Waals surface area contributed by atoms with E-state index in [0.717, 1.165) is 5.92 Å². The lowest BCUT2D eigenvalue weighted by Crippen LogP contribution is -2.34. The van der Waals surface area contributed by atoms with Crippen LogP contribution in [0.25, 0.3) is 0 Å². The standard InChI is InChI=1S/C24H34FNO2/c1-2-3-4-5-6-7-18-8-10-19(11-9-18)22-16-27-24(28-17-22)20-12-13-21(15-26)23(25)14-20/h12-14,18-19,22,24H,2-11,16-17H2,1H3/t18-,19-,22?,24?. The number of unbranched alkanes of at least 4 members (excludes halogenated alkanes) is 4. The lowest BCUT2D eigenvalue weighted by Gasteiger charge is -2.38. The molecule has 1 aromatic carbocycles. The van der Waals surface area contributed by atoms with Crippen LogP contribution in [0.2, 0.25) is 0 Å². The first-order valence-corrected chi connectivity index (χ1v) is 11.1. The molecule has 0 atom stereocenters. The van der Waals surface area contributed by atoms with E-state index in [2.05, 4.69) is 6.92 Å². The van der Waals surface area contributed by atoms with Gasteiger partial charge in [-0.1, -0.05) is 64.4 Å². The minimum absolute atomic E-state index is 0.0551. The summed E-state index contributed by atoms with van der Waals surface area (Å²) in [5.74, 6) is 1.54. The average molecular weight is 388 g/mol. The Kier molecular flexibility index (Phi) is 8.30. The molecule has 154 valence electrons. The Morgan fingerprint density at radius 3 is 2.36 bits per heavy atom. The maximum atomic E-state index is 13.8. The van der Waals surface area contributed by atoms with Crippen LogP contribution in [0.1, 0.15) is 88.5 Å². The molecule has 2 fully saturated rings. The van der Waals surface area contributed by atoms with Crippen molar-refractivity contribution in [3.05, 3.63) is 35.1 Å². The lowest BCUT2D eigenvalue weighted by atomic mass is 9.74. The molecule has 0 bridgehead atoms. The number of hydrogen-bond acceptors (Lipinski definition) is 3. The maximum absolute atomic E-state index is 13.8.